The highest BCUT2D eigenvalue weighted by molar-refractivity contribution is 5.77. The maximum absolute atomic E-state index is 11.5. The number of fused-ring (bicyclic) bond motifs is 1. The molecule has 1 aromatic carbocycles. The fraction of sp³-hybridized carbons (Fsp3) is 0.417. The second kappa shape index (κ2) is 4.42. The van der Waals surface area contributed by atoms with Gasteiger partial charge < -0.3 is 14.8 Å². The molecule has 1 saturated heterocycles. The number of carbonyl (C=O) groups excluding carboxylic acids is 1. The smallest absolute Gasteiger partial charge is 0.237 e. The minimum atomic E-state index is -0.807. The lowest BCUT2D eigenvalue weighted by Gasteiger charge is -2.26. The van der Waals surface area contributed by atoms with Gasteiger partial charge >= 0.3 is 0 Å². The number of hydrogen-bond donors (Lipinski definition) is 1. The Morgan fingerprint density at radius 2 is 2.11 bits per heavy atom. The fourth-order valence-electron chi connectivity index (χ4n) is 2.43. The number of nitrogens with one attached hydrogen (secondary N) is 1. The van der Waals surface area contributed by atoms with Crippen molar-refractivity contribution in [2.24, 2.45) is 0 Å². The van der Waals surface area contributed by atoms with E-state index in [1.165, 1.54) is 0 Å². The summed E-state index contributed by atoms with van der Waals surface area (Å²) in [4.78, 5) is 22.2. The molecule has 1 aromatic rings. The molecule has 7 heteroatoms. The zero-order valence-corrected chi connectivity index (χ0v) is 10.00. The van der Waals surface area contributed by atoms with Crippen LogP contribution in [0.4, 0.5) is 0 Å². The molecule has 1 N–H and O–H groups in total. The van der Waals surface area contributed by atoms with Gasteiger partial charge in [0.25, 0.3) is 0 Å². The molecule has 19 heavy (non-hydrogen) atoms. The summed E-state index contributed by atoms with van der Waals surface area (Å²) in [5.41, 5.74) is 0.666. The van der Waals surface area contributed by atoms with E-state index in [1.54, 1.807) is 18.2 Å². The standard InChI is InChI=1S/C12H12N2O5/c15-11-4-2-8(14(16)17)12(13-11)7-1-3-9-10(5-7)19-6-18-9/h1,3,5,8,12H,2,4,6H2,(H,13,15)/t8-,12+/m1/s1. The first-order valence-electron chi connectivity index (χ1n) is 5.97. The Kier molecular flexibility index (Phi) is 2.73. The number of nitro groups is 1. The fourth-order valence-corrected chi connectivity index (χ4v) is 2.43. The zero-order valence-electron chi connectivity index (χ0n) is 10.00. The Morgan fingerprint density at radius 1 is 1.32 bits per heavy atom. The SMILES string of the molecule is O=C1CC[C@@H]([N+](=O)[O-])[C@H](c2ccc3c(c2)OCO3)N1. The van der Waals surface area contributed by atoms with Gasteiger partial charge in [-0.2, -0.15) is 0 Å². The number of nitrogens with zero attached hydrogens (tertiary/aromatic N) is 1. The van der Waals surface area contributed by atoms with Gasteiger partial charge in [0.05, 0.1) is 0 Å². The minimum absolute atomic E-state index is 0.147. The Balaban J connectivity index is 1.93. The lowest BCUT2D eigenvalue weighted by atomic mass is 9.92. The molecule has 0 unspecified atom stereocenters. The monoisotopic (exact) mass is 264 g/mol. The lowest BCUT2D eigenvalue weighted by molar-refractivity contribution is -0.529. The van der Waals surface area contributed by atoms with Gasteiger partial charge in [-0.25, -0.2) is 0 Å². The van der Waals surface area contributed by atoms with Crippen LogP contribution in [0.15, 0.2) is 18.2 Å². The Hall–Kier alpha value is -2.31. The van der Waals surface area contributed by atoms with E-state index in [1.807, 2.05) is 0 Å². The van der Waals surface area contributed by atoms with Gasteiger partial charge in [0, 0.05) is 17.8 Å². The topological polar surface area (TPSA) is 90.7 Å². The van der Waals surface area contributed by atoms with Gasteiger partial charge in [0.15, 0.2) is 11.5 Å². The van der Waals surface area contributed by atoms with Crippen LogP contribution < -0.4 is 14.8 Å². The average molecular weight is 264 g/mol. The molecule has 7 nitrogen and oxygen atoms in total. The third-order valence-corrected chi connectivity index (χ3v) is 3.39. The third-order valence-electron chi connectivity index (χ3n) is 3.39. The summed E-state index contributed by atoms with van der Waals surface area (Å²) >= 11 is 0. The van der Waals surface area contributed by atoms with Gasteiger partial charge in [0.2, 0.25) is 18.7 Å². The van der Waals surface area contributed by atoms with E-state index in [0.29, 0.717) is 17.1 Å². The molecule has 2 heterocycles. The molecule has 2 aliphatic heterocycles. The van der Waals surface area contributed by atoms with Crippen LogP contribution in [-0.4, -0.2) is 23.7 Å². The van der Waals surface area contributed by atoms with Crippen molar-refractivity contribution < 1.29 is 19.2 Å². The highest BCUT2D eigenvalue weighted by Gasteiger charge is 2.38. The Labute approximate surface area is 108 Å². The summed E-state index contributed by atoms with van der Waals surface area (Å²) in [6.45, 7) is 0.147. The second-order valence-electron chi connectivity index (χ2n) is 4.55. The van der Waals surface area contributed by atoms with Crippen LogP contribution in [0.2, 0.25) is 0 Å². The molecule has 0 radical (unpaired) electrons. The van der Waals surface area contributed by atoms with E-state index in [-0.39, 0.29) is 30.5 Å². The largest absolute Gasteiger partial charge is 0.454 e. The molecule has 2 aliphatic rings. The van der Waals surface area contributed by atoms with Crippen molar-refractivity contribution in [2.75, 3.05) is 6.79 Å². The molecule has 100 valence electrons. The first kappa shape index (κ1) is 11.8. The van der Waals surface area contributed by atoms with Crippen LogP contribution >= 0.6 is 0 Å². The summed E-state index contributed by atoms with van der Waals surface area (Å²) in [6, 6.07) is 3.69. The van der Waals surface area contributed by atoms with E-state index in [4.69, 9.17) is 9.47 Å². The average Bonchev–Trinajstić information content (AvgIpc) is 2.85. The summed E-state index contributed by atoms with van der Waals surface area (Å²) in [5, 5.41) is 13.8. The summed E-state index contributed by atoms with van der Waals surface area (Å²) < 4.78 is 10.4. The maximum Gasteiger partial charge on any atom is 0.237 e. The number of hydrogen-bond acceptors (Lipinski definition) is 5. The van der Waals surface area contributed by atoms with E-state index in [9.17, 15) is 14.9 Å². The van der Waals surface area contributed by atoms with Crippen molar-refractivity contribution in [3.63, 3.8) is 0 Å². The molecule has 0 saturated carbocycles. The molecule has 0 spiro atoms. The van der Waals surface area contributed by atoms with Crippen LogP contribution in [0.5, 0.6) is 11.5 Å². The van der Waals surface area contributed by atoms with Crippen LogP contribution in [-0.2, 0) is 4.79 Å². The van der Waals surface area contributed by atoms with Crippen molar-refractivity contribution in [2.45, 2.75) is 24.9 Å². The first-order chi connectivity index (χ1) is 9.15. The van der Waals surface area contributed by atoms with E-state index in [0.717, 1.165) is 0 Å². The van der Waals surface area contributed by atoms with Crippen LogP contribution in [0.3, 0.4) is 0 Å². The van der Waals surface area contributed by atoms with E-state index in [2.05, 4.69) is 5.32 Å². The third kappa shape index (κ3) is 2.07. The Morgan fingerprint density at radius 3 is 2.89 bits per heavy atom. The number of ether oxygens (including phenoxy) is 2. The predicted molar refractivity (Wildman–Crippen MR) is 63.5 cm³/mol. The quantitative estimate of drug-likeness (QED) is 0.636. The summed E-state index contributed by atoms with van der Waals surface area (Å²) in [5.74, 6) is 1.00. The van der Waals surface area contributed by atoms with Gasteiger partial charge in [-0.3, -0.25) is 14.9 Å². The number of benzene rings is 1. The van der Waals surface area contributed by atoms with Gasteiger partial charge in [-0.15, -0.1) is 0 Å². The number of piperidine rings is 1. The van der Waals surface area contributed by atoms with Gasteiger partial charge in [0.1, 0.15) is 6.04 Å². The molecular weight excluding hydrogens is 252 g/mol. The zero-order chi connectivity index (χ0) is 13.4. The normalized spacial score (nSPS) is 24.9. The van der Waals surface area contributed by atoms with Crippen molar-refractivity contribution in [3.05, 3.63) is 33.9 Å². The number of amides is 1. The van der Waals surface area contributed by atoms with Gasteiger partial charge in [-0.1, -0.05) is 6.07 Å². The molecule has 1 fully saturated rings. The highest BCUT2D eigenvalue weighted by atomic mass is 16.7. The van der Waals surface area contributed by atoms with Crippen LogP contribution in [0.25, 0.3) is 0 Å². The van der Waals surface area contributed by atoms with Crippen LogP contribution in [0.1, 0.15) is 24.4 Å². The summed E-state index contributed by atoms with van der Waals surface area (Å²) in [7, 11) is 0. The summed E-state index contributed by atoms with van der Waals surface area (Å²) in [6.07, 6.45) is 0.435. The molecular formula is C12H12N2O5. The van der Waals surface area contributed by atoms with Crippen LogP contribution in [0, 0.1) is 10.1 Å². The predicted octanol–water partition coefficient (Wildman–Crippen LogP) is 1.01. The van der Waals surface area contributed by atoms with Crippen molar-refractivity contribution in [1.82, 2.24) is 5.32 Å². The molecule has 1 amide bonds. The molecule has 2 atom stereocenters. The van der Waals surface area contributed by atoms with Gasteiger partial charge in [-0.05, 0) is 17.7 Å². The first-order valence-corrected chi connectivity index (χ1v) is 5.97. The molecule has 0 bridgehead atoms. The maximum atomic E-state index is 11.5. The number of rotatable bonds is 2. The highest BCUT2D eigenvalue weighted by Crippen LogP contribution is 2.36. The molecule has 3 rings (SSSR count). The molecule has 0 aliphatic carbocycles. The van der Waals surface area contributed by atoms with E-state index < -0.39 is 12.1 Å². The van der Waals surface area contributed by atoms with E-state index >= 15 is 0 Å². The minimum Gasteiger partial charge on any atom is -0.454 e. The molecule has 0 aromatic heterocycles. The Bertz CT molecular complexity index is 545. The second-order valence-corrected chi connectivity index (χ2v) is 4.55. The van der Waals surface area contributed by atoms with Crippen molar-refractivity contribution in [1.29, 1.82) is 0 Å². The van der Waals surface area contributed by atoms with Crippen molar-refractivity contribution in [3.8, 4) is 11.5 Å². The number of carbonyl (C=O) groups is 1. The van der Waals surface area contributed by atoms with Crippen molar-refractivity contribution >= 4 is 5.91 Å². The lowest BCUT2D eigenvalue weighted by Crippen LogP contribution is -2.45.